The van der Waals surface area contributed by atoms with E-state index < -0.39 is 0 Å². The van der Waals surface area contributed by atoms with E-state index in [1.54, 1.807) is 0 Å². The molecule has 3 aromatic rings. The zero-order chi connectivity index (χ0) is 15.7. The summed E-state index contributed by atoms with van der Waals surface area (Å²) < 4.78 is 11.2. The summed E-state index contributed by atoms with van der Waals surface area (Å²) in [6, 6.07) is 11.2. The quantitative estimate of drug-likeness (QED) is 0.729. The van der Waals surface area contributed by atoms with E-state index in [0.717, 1.165) is 16.2 Å². The molecule has 0 amide bonds. The van der Waals surface area contributed by atoms with Crippen LogP contribution in [-0.2, 0) is 0 Å². The minimum absolute atomic E-state index is 0.0571. The molecular weight excluding hydrogens is 298 g/mol. The number of anilines is 1. The molecule has 0 radical (unpaired) electrons. The Hall–Kier alpha value is -2.40. The van der Waals surface area contributed by atoms with Crippen molar-refractivity contribution in [1.82, 2.24) is 0 Å². The number of hydrogen-bond donors (Lipinski definition) is 2. The highest BCUT2D eigenvalue weighted by Gasteiger charge is 2.21. The van der Waals surface area contributed by atoms with Crippen molar-refractivity contribution >= 4 is 17.2 Å². The van der Waals surface area contributed by atoms with Gasteiger partial charge in [0.1, 0.15) is 5.75 Å². The second-order valence-corrected chi connectivity index (χ2v) is 6.14. The van der Waals surface area contributed by atoms with Crippen LogP contribution in [0.4, 0.5) is 5.88 Å². The Morgan fingerprint density at radius 2 is 2.05 bits per heavy atom. The largest absolute Gasteiger partial charge is 0.504 e. The van der Waals surface area contributed by atoms with Gasteiger partial charge in [0.2, 0.25) is 5.88 Å². The molecule has 0 aliphatic carbocycles. The number of furan rings is 1. The summed E-state index contributed by atoms with van der Waals surface area (Å²) in [4.78, 5) is 0.838. The maximum absolute atomic E-state index is 10.5. The van der Waals surface area contributed by atoms with Gasteiger partial charge >= 0.3 is 0 Å². The lowest BCUT2D eigenvalue weighted by molar-refractivity contribution is 0.242. The number of aromatic hydroxyl groups is 1. The molecule has 3 rings (SSSR count). The SMILES string of the molecule is CC(C)Oc1cccc(-c2c(N)oc(-c3cccs3)c2O)c1. The molecule has 2 aromatic heterocycles. The molecule has 5 heteroatoms. The van der Waals surface area contributed by atoms with Crippen LogP contribution in [0.5, 0.6) is 11.5 Å². The summed E-state index contributed by atoms with van der Waals surface area (Å²) in [5.74, 6) is 1.38. The average Bonchev–Trinajstić information content (AvgIpc) is 3.06. The second kappa shape index (κ2) is 5.77. The molecule has 2 heterocycles. The maximum Gasteiger partial charge on any atom is 0.202 e. The van der Waals surface area contributed by atoms with E-state index in [2.05, 4.69) is 0 Å². The number of nitrogens with two attached hydrogens (primary N) is 1. The van der Waals surface area contributed by atoms with Crippen LogP contribution in [0.15, 0.2) is 46.2 Å². The highest BCUT2D eigenvalue weighted by atomic mass is 32.1. The topological polar surface area (TPSA) is 68.6 Å². The van der Waals surface area contributed by atoms with Crippen molar-refractivity contribution in [3.05, 3.63) is 41.8 Å². The van der Waals surface area contributed by atoms with Crippen molar-refractivity contribution in [2.75, 3.05) is 5.73 Å². The molecule has 3 N–H and O–H groups in total. The molecular formula is C17H17NO3S. The van der Waals surface area contributed by atoms with E-state index in [1.807, 2.05) is 55.6 Å². The molecule has 0 saturated carbocycles. The van der Waals surface area contributed by atoms with Crippen molar-refractivity contribution in [1.29, 1.82) is 0 Å². The van der Waals surface area contributed by atoms with Crippen LogP contribution >= 0.6 is 11.3 Å². The Morgan fingerprint density at radius 1 is 1.23 bits per heavy atom. The summed E-state index contributed by atoms with van der Waals surface area (Å²) in [5, 5.41) is 12.4. The lowest BCUT2D eigenvalue weighted by Crippen LogP contribution is -2.05. The van der Waals surface area contributed by atoms with Crippen molar-refractivity contribution in [3.63, 3.8) is 0 Å². The van der Waals surface area contributed by atoms with Gasteiger partial charge in [0.05, 0.1) is 16.5 Å². The molecule has 0 spiro atoms. The lowest BCUT2D eigenvalue weighted by atomic mass is 10.1. The minimum Gasteiger partial charge on any atom is -0.504 e. The first-order chi connectivity index (χ1) is 10.6. The zero-order valence-corrected chi connectivity index (χ0v) is 13.2. The number of thiophene rings is 1. The first-order valence-electron chi connectivity index (χ1n) is 6.98. The molecule has 0 aliphatic heterocycles. The minimum atomic E-state index is 0.0571. The number of nitrogen functional groups attached to an aromatic ring is 1. The van der Waals surface area contributed by atoms with Gasteiger partial charge in [0, 0.05) is 0 Å². The summed E-state index contributed by atoms with van der Waals surface area (Å²) in [7, 11) is 0. The molecule has 0 unspecified atom stereocenters. The van der Waals surface area contributed by atoms with Gasteiger partial charge in [-0.3, -0.25) is 0 Å². The number of benzene rings is 1. The fraction of sp³-hybridized carbons (Fsp3) is 0.176. The summed E-state index contributed by atoms with van der Waals surface area (Å²) in [6.07, 6.45) is 0.0761. The van der Waals surface area contributed by atoms with Gasteiger partial charge in [-0.05, 0) is 43.0 Å². The predicted molar refractivity (Wildman–Crippen MR) is 89.3 cm³/mol. The van der Waals surface area contributed by atoms with Gasteiger partial charge in [-0.25, -0.2) is 0 Å². The Labute approximate surface area is 132 Å². The van der Waals surface area contributed by atoms with Crippen LogP contribution in [0, 0.1) is 0 Å². The molecule has 0 saturated heterocycles. The fourth-order valence-corrected chi connectivity index (χ4v) is 3.00. The van der Waals surface area contributed by atoms with E-state index in [-0.39, 0.29) is 17.7 Å². The van der Waals surface area contributed by atoms with Crippen molar-refractivity contribution in [3.8, 4) is 33.3 Å². The van der Waals surface area contributed by atoms with Gasteiger partial charge < -0.3 is 20.0 Å². The molecule has 0 atom stereocenters. The van der Waals surface area contributed by atoms with Crippen LogP contribution in [-0.4, -0.2) is 11.2 Å². The first-order valence-corrected chi connectivity index (χ1v) is 7.86. The van der Waals surface area contributed by atoms with Crippen LogP contribution < -0.4 is 10.5 Å². The van der Waals surface area contributed by atoms with Crippen molar-refractivity contribution in [2.24, 2.45) is 0 Å². The van der Waals surface area contributed by atoms with Crippen molar-refractivity contribution in [2.45, 2.75) is 20.0 Å². The molecule has 0 aliphatic rings. The Bertz CT molecular complexity index is 775. The highest BCUT2D eigenvalue weighted by Crippen LogP contribution is 2.46. The standard InChI is InChI=1S/C17H17NO3S/c1-10(2)20-12-6-3-5-11(9-12)14-15(19)16(21-17(14)18)13-7-4-8-22-13/h3-10,19H,18H2,1-2H3. The molecule has 114 valence electrons. The highest BCUT2D eigenvalue weighted by molar-refractivity contribution is 7.13. The monoisotopic (exact) mass is 315 g/mol. The molecule has 22 heavy (non-hydrogen) atoms. The molecule has 0 bridgehead atoms. The van der Waals surface area contributed by atoms with Gasteiger partial charge in [-0.1, -0.05) is 18.2 Å². The van der Waals surface area contributed by atoms with Crippen LogP contribution in [0.1, 0.15) is 13.8 Å². The third kappa shape index (κ3) is 2.67. The van der Waals surface area contributed by atoms with Gasteiger partial charge in [0.15, 0.2) is 11.5 Å². The molecule has 1 aromatic carbocycles. The Balaban J connectivity index is 2.06. The van der Waals surface area contributed by atoms with E-state index in [0.29, 0.717) is 11.3 Å². The summed E-state index contributed by atoms with van der Waals surface area (Å²) >= 11 is 1.48. The smallest absolute Gasteiger partial charge is 0.202 e. The average molecular weight is 315 g/mol. The first kappa shape index (κ1) is 14.5. The van der Waals surface area contributed by atoms with E-state index in [1.165, 1.54) is 11.3 Å². The fourth-order valence-electron chi connectivity index (χ4n) is 2.29. The van der Waals surface area contributed by atoms with Gasteiger partial charge in [-0.2, -0.15) is 0 Å². The Morgan fingerprint density at radius 3 is 2.73 bits per heavy atom. The molecule has 4 nitrogen and oxygen atoms in total. The Kier molecular flexibility index (Phi) is 3.81. The third-order valence-electron chi connectivity index (χ3n) is 3.15. The third-order valence-corrected chi connectivity index (χ3v) is 4.02. The molecule has 0 fully saturated rings. The van der Waals surface area contributed by atoms with E-state index >= 15 is 0 Å². The summed E-state index contributed by atoms with van der Waals surface area (Å²) in [6.45, 7) is 3.93. The lowest BCUT2D eigenvalue weighted by Gasteiger charge is -2.10. The van der Waals surface area contributed by atoms with E-state index in [4.69, 9.17) is 14.9 Å². The predicted octanol–water partition coefficient (Wildman–Crippen LogP) is 4.75. The van der Waals surface area contributed by atoms with Gasteiger partial charge in [-0.15, -0.1) is 11.3 Å². The number of rotatable bonds is 4. The van der Waals surface area contributed by atoms with Gasteiger partial charge in [0.25, 0.3) is 0 Å². The number of hydrogen-bond acceptors (Lipinski definition) is 5. The maximum atomic E-state index is 10.5. The summed E-state index contributed by atoms with van der Waals surface area (Å²) in [5.41, 5.74) is 7.23. The number of ether oxygens (including phenoxy) is 1. The van der Waals surface area contributed by atoms with Crippen molar-refractivity contribution < 1.29 is 14.3 Å². The van der Waals surface area contributed by atoms with E-state index in [9.17, 15) is 5.11 Å². The zero-order valence-electron chi connectivity index (χ0n) is 12.4. The van der Waals surface area contributed by atoms with Crippen LogP contribution in [0.3, 0.4) is 0 Å². The van der Waals surface area contributed by atoms with Crippen LogP contribution in [0.2, 0.25) is 0 Å². The second-order valence-electron chi connectivity index (χ2n) is 5.19. The van der Waals surface area contributed by atoms with Crippen LogP contribution in [0.25, 0.3) is 21.8 Å². The normalized spacial score (nSPS) is 11.0.